The first kappa shape index (κ1) is 25.5. The van der Waals surface area contributed by atoms with E-state index >= 15 is 0 Å². The molecule has 7 nitrogen and oxygen atoms in total. The number of aryl methyl sites for hydroxylation is 1. The number of benzene rings is 2. The van der Waals surface area contributed by atoms with Crippen LogP contribution in [0.1, 0.15) is 58.0 Å². The lowest BCUT2D eigenvalue weighted by Gasteiger charge is -2.38. The minimum atomic E-state index is -0.633. The van der Waals surface area contributed by atoms with Crippen LogP contribution < -0.4 is 9.47 Å². The van der Waals surface area contributed by atoms with Gasteiger partial charge in [0.2, 0.25) is 0 Å². The lowest BCUT2D eigenvalue weighted by Crippen LogP contribution is -2.36. The molecule has 1 aliphatic heterocycles. The summed E-state index contributed by atoms with van der Waals surface area (Å²) in [5, 5.41) is 10.1. The Hall–Kier alpha value is -3.58. The quantitative estimate of drug-likeness (QED) is 0.318. The van der Waals surface area contributed by atoms with Crippen molar-refractivity contribution in [2.75, 3.05) is 34.4 Å². The van der Waals surface area contributed by atoms with Gasteiger partial charge in [-0.3, -0.25) is 4.90 Å². The molecule has 1 aliphatic rings. The number of ether oxygens (including phenoxy) is 3. The highest BCUT2D eigenvalue weighted by Gasteiger charge is 2.30. The van der Waals surface area contributed by atoms with Crippen molar-refractivity contribution in [2.24, 2.45) is 0 Å². The largest absolute Gasteiger partial charge is 0.505 e. The molecule has 7 heteroatoms. The Bertz CT molecular complexity index is 1180. The highest BCUT2D eigenvalue weighted by molar-refractivity contribution is 5.90. The van der Waals surface area contributed by atoms with Gasteiger partial charge < -0.3 is 19.3 Å². The first-order valence-corrected chi connectivity index (χ1v) is 12.4. The number of fused-ring (bicyclic) bond motifs is 1. The number of hydrogen-bond donors (Lipinski definition) is 1. The van der Waals surface area contributed by atoms with Crippen molar-refractivity contribution in [1.29, 1.82) is 0 Å². The van der Waals surface area contributed by atoms with Gasteiger partial charge in [-0.1, -0.05) is 36.8 Å². The molecule has 0 aliphatic carbocycles. The summed E-state index contributed by atoms with van der Waals surface area (Å²) in [6.45, 7) is 1.97. The van der Waals surface area contributed by atoms with Crippen LogP contribution in [0.3, 0.4) is 0 Å². The van der Waals surface area contributed by atoms with E-state index in [1.54, 1.807) is 26.5 Å². The third kappa shape index (κ3) is 5.62. The van der Waals surface area contributed by atoms with E-state index in [0.29, 0.717) is 0 Å². The van der Waals surface area contributed by atoms with E-state index in [1.165, 1.54) is 23.8 Å². The average molecular weight is 491 g/mol. The van der Waals surface area contributed by atoms with Crippen molar-refractivity contribution in [3.05, 3.63) is 82.7 Å². The van der Waals surface area contributed by atoms with Crippen LogP contribution in [-0.4, -0.2) is 55.4 Å². The van der Waals surface area contributed by atoms with Gasteiger partial charge in [0, 0.05) is 12.7 Å². The third-order valence-electron chi connectivity index (χ3n) is 6.80. The Labute approximate surface area is 212 Å². The lowest BCUT2D eigenvalue weighted by atomic mass is 9.87. The van der Waals surface area contributed by atoms with Crippen molar-refractivity contribution in [3.63, 3.8) is 0 Å². The monoisotopic (exact) mass is 490 g/mol. The van der Waals surface area contributed by atoms with Gasteiger partial charge in [-0.2, -0.15) is 0 Å². The van der Waals surface area contributed by atoms with Gasteiger partial charge in [0.25, 0.3) is 0 Å². The molecule has 0 saturated heterocycles. The number of unbranched alkanes of at least 4 members (excludes halogenated alkanes) is 2. The summed E-state index contributed by atoms with van der Waals surface area (Å²) in [5.41, 5.74) is 4.72. The molecule has 0 saturated carbocycles. The molecule has 0 spiro atoms. The Morgan fingerprint density at radius 3 is 2.47 bits per heavy atom. The molecule has 1 unspecified atom stereocenters. The zero-order valence-electron chi connectivity index (χ0n) is 21.2. The zero-order valence-corrected chi connectivity index (χ0v) is 21.2. The first-order valence-electron chi connectivity index (χ1n) is 12.4. The Morgan fingerprint density at radius 1 is 1.03 bits per heavy atom. The van der Waals surface area contributed by atoms with E-state index in [1.807, 2.05) is 0 Å². The summed E-state index contributed by atoms with van der Waals surface area (Å²) < 4.78 is 15.8. The smallest absolute Gasteiger partial charge is 0.360 e. The number of aromatic hydroxyl groups is 1. The minimum absolute atomic E-state index is 0.0483. The van der Waals surface area contributed by atoms with E-state index in [4.69, 9.17) is 9.47 Å². The second-order valence-corrected chi connectivity index (χ2v) is 9.02. The first-order chi connectivity index (χ1) is 17.5. The van der Waals surface area contributed by atoms with Gasteiger partial charge in [-0.25, -0.2) is 9.78 Å². The van der Waals surface area contributed by atoms with Crippen LogP contribution in [-0.2, 0) is 17.6 Å². The van der Waals surface area contributed by atoms with Crippen LogP contribution in [0.15, 0.2) is 54.7 Å². The molecule has 1 N–H and O–H groups in total. The maximum atomic E-state index is 11.6. The number of pyridine rings is 1. The normalized spacial score (nSPS) is 15.2. The highest BCUT2D eigenvalue weighted by Crippen LogP contribution is 2.41. The van der Waals surface area contributed by atoms with E-state index in [0.717, 1.165) is 62.3 Å². The number of carbonyl (C=O) groups excluding carboxylic acids is 1. The molecular weight excluding hydrogens is 456 g/mol. The summed E-state index contributed by atoms with van der Waals surface area (Å²) in [5.74, 6) is 0.765. The number of rotatable bonds is 10. The van der Waals surface area contributed by atoms with Gasteiger partial charge in [-0.05, 0) is 72.7 Å². The molecular formula is C29H34N2O5. The molecule has 2 aromatic carbocycles. The topological polar surface area (TPSA) is 81.1 Å². The van der Waals surface area contributed by atoms with Crippen molar-refractivity contribution in [3.8, 4) is 17.2 Å². The molecule has 1 aromatic heterocycles. The number of esters is 1. The van der Waals surface area contributed by atoms with E-state index in [9.17, 15) is 9.90 Å². The van der Waals surface area contributed by atoms with E-state index < -0.39 is 5.97 Å². The number of nitrogens with zero attached hydrogens (tertiary/aromatic N) is 2. The van der Waals surface area contributed by atoms with Crippen molar-refractivity contribution < 1.29 is 24.1 Å². The fourth-order valence-corrected chi connectivity index (χ4v) is 4.97. The van der Waals surface area contributed by atoms with Crippen molar-refractivity contribution in [1.82, 2.24) is 9.88 Å². The average Bonchev–Trinajstić information content (AvgIpc) is 2.91. The van der Waals surface area contributed by atoms with Crippen LogP contribution in [0, 0.1) is 0 Å². The van der Waals surface area contributed by atoms with Gasteiger partial charge >= 0.3 is 5.97 Å². The SMILES string of the molecule is COC(=O)c1ncc(CCCCCN2CCc3cc(OC)c(OC)cc3C2c2ccccc2)cc1O. The van der Waals surface area contributed by atoms with Crippen molar-refractivity contribution >= 4 is 5.97 Å². The summed E-state index contributed by atoms with van der Waals surface area (Å²) in [6, 6.07) is 16.7. The lowest BCUT2D eigenvalue weighted by molar-refractivity contribution is 0.0590. The van der Waals surface area contributed by atoms with Crippen molar-refractivity contribution in [2.45, 2.75) is 38.1 Å². The number of hydrogen-bond acceptors (Lipinski definition) is 7. The highest BCUT2D eigenvalue weighted by atomic mass is 16.5. The predicted octanol–water partition coefficient (Wildman–Crippen LogP) is 4.95. The molecule has 0 fully saturated rings. The molecule has 2 heterocycles. The standard InChI is InChI=1S/C29H34N2O5/c1-34-25-17-22-13-15-31(28(21-11-7-4-8-12-21)23(22)18-26(25)35-2)14-9-5-6-10-20-16-24(32)27(30-19-20)29(33)36-3/h4,7-8,11-12,16-19,28,32H,5-6,9-10,13-15H2,1-3H3. The van der Waals surface area contributed by atoms with Crippen LogP contribution in [0.25, 0.3) is 0 Å². The fraction of sp³-hybridized carbons (Fsp3) is 0.379. The molecule has 3 aromatic rings. The Kier molecular flexibility index (Phi) is 8.44. The summed E-state index contributed by atoms with van der Waals surface area (Å²) in [7, 11) is 4.63. The molecule has 190 valence electrons. The van der Waals surface area contributed by atoms with Gasteiger partial charge in [0.15, 0.2) is 17.2 Å². The molecule has 4 rings (SSSR count). The minimum Gasteiger partial charge on any atom is -0.505 e. The van der Waals surface area contributed by atoms with Gasteiger partial charge in [-0.15, -0.1) is 0 Å². The zero-order chi connectivity index (χ0) is 25.5. The molecule has 36 heavy (non-hydrogen) atoms. The number of carbonyl (C=O) groups is 1. The van der Waals surface area contributed by atoms with Crippen LogP contribution in [0.5, 0.6) is 17.2 Å². The van der Waals surface area contributed by atoms with E-state index in [2.05, 4.69) is 57.1 Å². The third-order valence-corrected chi connectivity index (χ3v) is 6.80. The predicted molar refractivity (Wildman–Crippen MR) is 138 cm³/mol. The summed E-state index contributed by atoms with van der Waals surface area (Å²) in [6.07, 6.45) is 6.49. The van der Waals surface area contributed by atoms with Gasteiger partial charge in [0.1, 0.15) is 5.75 Å². The summed E-state index contributed by atoms with van der Waals surface area (Å²) >= 11 is 0. The van der Waals surface area contributed by atoms with Crippen LogP contribution >= 0.6 is 0 Å². The summed E-state index contributed by atoms with van der Waals surface area (Å²) in [4.78, 5) is 18.2. The second kappa shape index (κ2) is 11.9. The molecule has 0 radical (unpaired) electrons. The maximum Gasteiger partial charge on any atom is 0.360 e. The molecule has 0 amide bonds. The van der Waals surface area contributed by atoms with Crippen LogP contribution in [0.2, 0.25) is 0 Å². The Morgan fingerprint density at radius 2 is 1.78 bits per heavy atom. The molecule has 0 bridgehead atoms. The molecule has 1 atom stereocenters. The Balaban J connectivity index is 1.41. The maximum absolute atomic E-state index is 11.6. The van der Waals surface area contributed by atoms with E-state index in [-0.39, 0.29) is 17.5 Å². The van der Waals surface area contributed by atoms with Crippen LogP contribution in [0.4, 0.5) is 0 Å². The van der Waals surface area contributed by atoms with Gasteiger partial charge in [0.05, 0.1) is 27.4 Å². The fourth-order valence-electron chi connectivity index (χ4n) is 4.97. The second-order valence-electron chi connectivity index (χ2n) is 9.02. The number of methoxy groups -OCH3 is 3. The number of aromatic nitrogens is 1.